The lowest BCUT2D eigenvalue weighted by Gasteiger charge is -2.31. The second kappa shape index (κ2) is 3.94. The SMILES string of the molecule is CC(C)C(O)(CN)c1cnccc1N. The quantitative estimate of drug-likeness (QED) is 0.654. The summed E-state index contributed by atoms with van der Waals surface area (Å²) in [6.45, 7) is 3.94. The molecule has 0 bridgehead atoms. The van der Waals surface area contributed by atoms with Crippen molar-refractivity contribution in [3.8, 4) is 0 Å². The number of nitrogen functional groups attached to an aromatic ring is 1. The zero-order valence-electron chi connectivity index (χ0n) is 8.57. The number of hydrogen-bond acceptors (Lipinski definition) is 4. The van der Waals surface area contributed by atoms with E-state index in [2.05, 4.69) is 4.98 Å². The van der Waals surface area contributed by atoms with Gasteiger partial charge in [-0.3, -0.25) is 4.98 Å². The van der Waals surface area contributed by atoms with E-state index < -0.39 is 5.60 Å². The molecule has 0 radical (unpaired) electrons. The minimum Gasteiger partial charge on any atom is -0.398 e. The van der Waals surface area contributed by atoms with E-state index in [-0.39, 0.29) is 12.5 Å². The van der Waals surface area contributed by atoms with E-state index in [1.165, 1.54) is 0 Å². The van der Waals surface area contributed by atoms with Crippen LogP contribution in [0.2, 0.25) is 0 Å². The Bertz CT molecular complexity index is 314. The number of aromatic nitrogens is 1. The van der Waals surface area contributed by atoms with Crippen LogP contribution in [0.1, 0.15) is 19.4 Å². The maximum atomic E-state index is 10.3. The number of nitrogens with zero attached hydrogens (tertiary/aromatic N) is 1. The molecule has 0 aliphatic carbocycles. The number of anilines is 1. The van der Waals surface area contributed by atoms with Crippen LogP contribution < -0.4 is 11.5 Å². The molecule has 5 N–H and O–H groups in total. The maximum Gasteiger partial charge on any atom is 0.107 e. The van der Waals surface area contributed by atoms with Gasteiger partial charge in [-0.05, 0) is 12.0 Å². The van der Waals surface area contributed by atoms with Crippen LogP contribution in [0.15, 0.2) is 18.5 Å². The summed E-state index contributed by atoms with van der Waals surface area (Å²) < 4.78 is 0. The van der Waals surface area contributed by atoms with Gasteiger partial charge >= 0.3 is 0 Å². The van der Waals surface area contributed by atoms with Gasteiger partial charge < -0.3 is 16.6 Å². The van der Waals surface area contributed by atoms with Gasteiger partial charge in [0.05, 0.1) is 0 Å². The second-order valence-electron chi connectivity index (χ2n) is 3.75. The zero-order chi connectivity index (χ0) is 10.8. The first-order valence-electron chi connectivity index (χ1n) is 4.64. The van der Waals surface area contributed by atoms with Crippen LogP contribution in [0.3, 0.4) is 0 Å². The molecule has 0 spiro atoms. The molecule has 4 heteroatoms. The van der Waals surface area contributed by atoms with Crippen molar-refractivity contribution in [3.05, 3.63) is 24.0 Å². The van der Waals surface area contributed by atoms with Crippen molar-refractivity contribution in [2.24, 2.45) is 11.7 Å². The summed E-state index contributed by atoms with van der Waals surface area (Å²) in [7, 11) is 0. The van der Waals surface area contributed by atoms with Gasteiger partial charge in [0.25, 0.3) is 0 Å². The highest BCUT2D eigenvalue weighted by Crippen LogP contribution is 2.31. The van der Waals surface area contributed by atoms with Gasteiger partial charge in [0, 0.05) is 30.2 Å². The van der Waals surface area contributed by atoms with E-state index in [9.17, 15) is 5.11 Å². The molecular weight excluding hydrogens is 178 g/mol. The molecule has 1 aromatic heterocycles. The molecule has 1 heterocycles. The molecule has 0 aliphatic heterocycles. The van der Waals surface area contributed by atoms with Crippen molar-refractivity contribution < 1.29 is 5.11 Å². The van der Waals surface area contributed by atoms with Crippen molar-refractivity contribution in [2.45, 2.75) is 19.4 Å². The third kappa shape index (κ3) is 1.71. The molecular formula is C10H17N3O. The smallest absolute Gasteiger partial charge is 0.107 e. The average Bonchev–Trinajstić information content (AvgIpc) is 2.17. The average molecular weight is 195 g/mol. The molecule has 0 saturated carbocycles. The van der Waals surface area contributed by atoms with Crippen molar-refractivity contribution in [1.82, 2.24) is 4.98 Å². The second-order valence-corrected chi connectivity index (χ2v) is 3.75. The topological polar surface area (TPSA) is 85.2 Å². The molecule has 1 atom stereocenters. The Hall–Kier alpha value is -1.13. The highest BCUT2D eigenvalue weighted by atomic mass is 16.3. The fourth-order valence-corrected chi connectivity index (χ4v) is 1.42. The van der Waals surface area contributed by atoms with E-state index in [0.29, 0.717) is 11.3 Å². The molecule has 0 aromatic carbocycles. The minimum atomic E-state index is -1.08. The molecule has 4 nitrogen and oxygen atoms in total. The molecule has 14 heavy (non-hydrogen) atoms. The lowest BCUT2D eigenvalue weighted by molar-refractivity contribution is -0.000716. The maximum absolute atomic E-state index is 10.3. The van der Waals surface area contributed by atoms with Crippen molar-refractivity contribution in [1.29, 1.82) is 0 Å². The van der Waals surface area contributed by atoms with Gasteiger partial charge in [0.1, 0.15) is 5.60 Å². The van der Waals surface area contributed by atoms with Crippen molar-refractivity contribution in [3.63, 3.8) is 0 Å². The van der Waals surface area contributed by atoms with Crippen LogP contribution in [0.5, 0.6) is 0 Å². The fourth-order valence-electron chi connectivity index (χ4n) is 1.42. The van der Waals surface area contributed by atoms with Crippen LogP contribution in [0, 0.1) is 5.92 Å². The standard InChI is InChI=1S/C10H17N3O/c1-7(2)10(14,6-11)8-5-13-4-3-9(8)12/h3-5,7,14H,6,11H2,1-2H3,(H2,12,13). The Morgan fingerprint density at radius 1 is 1.57 bits per heavy atom. The number of hydrogen-bond donors (Lipinski definition) is 3. The van der Waals surface area contributed by atoms with Crippen LogP contribution >= 0.6 is 0 Å². The van der Waals surface area contributed by atoms with Gasteiger partial charge in [-0.2, -0.15) is 0 Å². The predicted octanol–water partition coefficient (Wildman–Crippen LogP) is 0.466. The van der Waals surface area contributed by atoms with Gasteiger partial charge in [0.2, 0.25) is 0 Å². The third-order valence-corrected chi connectivity index (χ3v) is 2.59. The summed E-state index contributed by atoms with van der Waals surface area (Å²) in [5.41, 5.74) is 11.4. The molecule has 0 saturated heterocycles. The fraction of sp³-hybridized carbons (Fsp3) is 0.500. The molecule has 0 aliphatic rings. The summed E-state index contributed by atoms with van der Waals surface area (Å²) in [5.74, 6) is -0.000926. The molecule has 1 aromatic rings. The highest BCUT2D eigenvalue weighted by molar-refractivity contribution is 5.48. The van der Waals surface area contributed by atoms with Gasteiger partial charge in [0.15, 0.2) is 0 Å². The van der Waals surface area contributed by atoms with Crippen LogP contribution in [0.25, 0.3) is 0 Å². The van der Waals surface area contributed by atoms with Crippen LogP contribution in [-0.4, -0.2) is 16.6 Å². The highest BCUT2D eigenvalue weighted by Gasteiger charge is 2.33. The first-order chi connectivity index (χ1) is 6.52. The van der Waals surface area contributed by atoms with Crippen molar-refractivity contribution in [2.75, 3.05) is 12.3 Å². The van der Waals surface area contributed by atoms with E-state index in [4.69, 9.17) is 11.5 Å². The summed E-state index contributed by atoms with van der Waals surface area (Å²) in [5, 5.41) is 10.3. The Balaban J connectivity index is 3.19. The van der Waals surface area contributed by atoms with E-state index in [0.717, 1.165) is 0 Å². The minimum absolute atomic E-state index is 0.000926. The normalized spacial score (nSPS) is 15.5. The van der Waals surface area contributed by atoms with E-state index in [1.807, 2.05) is 13.8 Å². The zero-order valence-corrected chi connectivity index (χ0v) is 8.57. The Morgan fingerprint density at radius 2 is 2.21 bits per heavy atom. The van der Waals surface area contributed by atoms with Gasteiger partial charge in [-0.25, -0.2) is 0 Å². The van der Waals surface area contributed by atoms with Gasteiger partial charge in [-0.15, -0.1) is 0 Å². The van der Waals surface area contributed by atoms with E-state index in [1.54, 1.807) is 18.5 Å². The number of pyridine rings is 1. The van der Waals surface area contributed by atoms with Crippen LogP contribution in [-0.2, 0) is 5.60 Å². The summed E-state index contributed by atoms with van der Waals surface area (Å²) >= 11 is 0. The Morgan fingerprint density at radius 3 is 2.64 bits per heavy atom. The summed E-state index contributed by atoms with van der Waals surface area (Å²) in [4.78, 5) is 3.95. The molecule has 0 amide bonds. The molecule has 0 fully saturated rings. The van der Waals surface area contributed by atoms with Crippen LogP contribution in [0.4, 0.5) is 5.69 Å². The molecule has 78 valence electrons. The first-order valence-corrected chi connectivity index (χ1v) is 4.64. The Kier molecular flexibility index (Phi) is 3.08. The van der Waals surface area contributed by atoms with E-state index >= 15 is 0 Å². The summed E-state index contributed by atoms with van der Waals surface area (Å²) in [6.07, 6.45) is 3.16. The van der Waals surface area contributed by atoms with Crippen molar-refractivity contribution >= 4 is 5.69 Å². The van der Waals surface area contributed by atoms with Gasteiger partial charge in [-0.1, -0.05) is 13.8 Å². The summed E-state index contributed by atoms with van der Waals surface area (Å²) in [6, 6.07) is 1.67. The number of aliphatic hydroxyl groups is 1. The monoisotopic (exact) mass is 195 g/mol. The lowest BCUT2D eigenvalue weighted by atomic mass is 9.83. The third-order valence-electron chi connectivity index (χ3n) is 2.59. The number of rotatable bonds is 3. The molecule has 1 rings (SSSR count). The Labute approximate surface area is 83.9 Å². The lowest BCUT2D eigenvalue weighted by Crippen LogP contribution is -2.40. The predicted molar refractivity (Wildman–Crippen MR) is 56.4 cm³/mol. The largest absolute Gasteiger partial charge is 0.398 e. The number of nitrogens with two attached hydrogens (primary N) is 2. The molecule has 1 unspecified atom stereocenters. The first kappa shape index (κ1) is 10.9.